The first kappa shape index (κ1) is 13.2. The number of nitrogen functional groups attached to an aromatic ring is 1. The SMILES string of the molecule is CC1(C)CN(c2cc(Cl)cc(N)c2C=N)CCN1. The second kappa shape index (κ2) is 4.78. The monoisotopic (exact) mass is 266 g/mol. The fraction of sp³-hybridized carbons (Fsp3) is 0.462. The van der Waals surface area contributed by atoms with Gasteiger partial charge >= 0.3 is 0 Å². The molecule has 4 nitrogen and oxygen atoms in total. The third-order valence-corrected chi connectivity index (χ3v) is 3.43. The molecular formula is C13H19ClN4. The maximum Gasteiger partial charge on any atom is 0.0492 e. The summed E-state index contributed by atoms with van der Waals surface area (Å²) in [5.41, 5.74) is 8.23. The van der Waals surface area contributed by atoms with Gasteiger partial charge in [0.15, 0.2) is 0 Å². The van der Waals surface area contributed by atoms with Gasteiger partial charge in [0.25, 0.3) is 0 Å². The van der Waals surface area contributed by atoms with Gasteiger partial charge < -0.3 is 21.4 Å². The van der Waals surface area contributed by atoms with Gasteiger partial charge in [-0.2, -0.15) is 0 Å². The van der Waals surface area contributed by atoms with Gasteiger partial charge in [-0.25, -0.2) is 0 Å². The lowest BCUT2D eigenvalue weighted by Gasteiger charge is -2.41. The Kier molecular flexibility index (Phi) is 3.50. The van der Waals surface area contributed by atoms with Crippen LogP contribution in [0.2, 0.25) is 5.02 Å². The number of rotatable bonds is 2. The van der Waals surface area contributed by atoms with E-state index in [0.717, 1.165) is 30.9 Å². The summed E-state index contributed by atoms with van der Waals surface area (Å²) in [4.78, 5) is 2.24. The normalized spacial score (nSPS) is 18.7. The average molecular weight is 267 g/mol. The molecule has 0 amide bonds. The van der Waals surface area contributed by atoms with Crippen molar-refractivity contribution in [2.45, 2.75) is 19.4 Å². The van der Waals surface area contributed by atoms with E-state index >= 15 is 0 Å². The standard InChI is InChI=1S/C13H19ClN4/c1-13(2)8-18(4-3-17-13)12-6-9(14)5-11(16)10(12)7-15/h5-7,15,17H,3-4,8,16H2,1-2H3. The lowest BCUT2D eigenvalue weighted by Crippen LogP contribution is -2.57. The van der Waals surface area contributed by atoms with Gasteiger partial charge in [0.1, 0.15) is 0 Å². The van der Waals surface area contributed by atoms with Crippen LogP contribution in [0.1, 0.15) is 19.4 Å². The van der Waals surface area contributed by atoms with Crippen molar-refractivity contribution in [3.8, 4) is 0 Å². The Bertz CT molecular complexity index is 470. The summed E-state index contributed by atoms with van der Waals surface area (Å²) >= 11 is 6.07. The molecule has 0 atom stereocenters. The molecule has 18 heavy (non-hydrogen) atoms. The summed E-state index contributed by atoms with van der Waals surface area (Å²) < 4.78 is 0. The summed E-state index contributed by atoms with van der Waals surface area (Å²) in [5.74, 6) is 0. The zero-order valence-corrected chi connectivity index (χ0v) is 11.5. The van der Waals surface area contributed by atoms with Crippen molar-refractivity contribution in [2.75, 3.05) is 30.3 Å². The summed E-state index contributed by atoms with van der Waals surface area (Å²) in [6.45, 7) is 7.00. The fourth-order valence-electron chi connectivity index (χ4n) is 2.39. The van der Waals surface area contributed by atoms with Crippen LogP contribution in [0, 0.1) is 5.41 Å². The topological polar surface area (TPSA) is 65.1 Å². The van der Waals surface area contributed by atoms with Crippen LogP contribution in [-0.4, -0.2) is 31.4 Å². The van der Waals surface area contributed by atoms with Crippen molar-refractivity contribution in [1.29, 1.82) is 5.41 Å². The lowest BCUT2D eigenvalue weighted by molar-refractivity contribution is 0.353. The summed E-state index contributed by atoms with van der Waals surface area (Å²) in [6.07, 6.45) is 1.30. The number of anilines is 2. The van der Waals surface area contributed by atoms with Gasteiger partial charge in [-0.3, -0.25) is 0 Å². The molecule has 1 aromatic carbocycles. The average Bonchev–Trinajstić information content (AvgIpc) is 2.26. The molecule has 4 N–H and O–H groups in total. The first-order valence-electron chi connectivity index (χ1n) is 6.02. The number of benzene rings is 1. The van der Waals surface area contributed by atoms with E-state index in [2.05, 4.69) is 24.1 Å². The molecule has 0 radical (unpaired) electrons. The second-order valence-electron chi connectivity index (χ2n) is 5.30. The Labute approximate surface area is 113 Å². The van der Waals surface area contributed by atoms with Gasteiger partial charge in [-0.1, -0.05) is 11.6 Å². The van der Waals surface area contributed by atoms with Crippen LogP contribution in [0.3, 0.4) is 0 Å². The van der Waals surface area contributed by atoms with Crippen LogP contribution >= 0.6 is 11.6 Å². The third-order valence-electron chi connectivity index (χ3n) is 3.21. The fourth-order valence-corrected chi connectivity index (χ4v) is 2.61. The number of nitrogens with two attached hydrogens (primary N) is 1. The van der Waals surface area contributed by atoms with Gasteiger partial charge in [0, 0.05) is 53.3 Å². The van der Waals surface area contributed by atoms with E-state index in [9.17, 15) is 0 Å². The van der Waals surface area contributed by atoms with Crippen molar-refractivity contribution >= 4 is 29.2 Å². The Morgan fingerprint density at radius 3 is 2.83 bits per heavy atom. The lowest BCUT2D eigenvalue weighted by atomic mass is 10.0. The molecule has 0 spiro atoms. The molecule has 1 saturated heterocycles. The first-order chi connectivity index (χ1) is 8.43. The highest BCUT2D eigenvalue weighted by molar-refractivity contribution is 6.31. The molecule has 0 bridgehead atoms. The third kappa shape index (κ3) is 2.60. The number of hydrogen-bond acceptors (Lipinski definition) is 4. The highest BCUT2D eigenvalue weighted by Crippen LogP contribution is 2.30. The molecule has 2 rings (SSSR count). The molecule has 1 aromatic rings. The quantitative estimate of drug-likeness (QED) is 0.567. The first-order valence-corrected chi connectivity index (χ1v) is 6.40. The van der Waals surface area contributed by atoms with Crippen molar-refractivity contribution in [3.05, 3.63) is 22.7 Å². The largest absolute Gasteiger partial charge is 0.398 e. The van der Waals surface area contributed by atoms with E-state index in [-0.39, 0.29) is 5.54 Å². The number of nitrogens with zero attached hydrogens (tertiary/aromatic N) is 1. The van der Waals surface area contributed by atoms with E-state index in [1.54, 1.807) is 6.07 Å². The van der Waals surface area contributed by atoms with Crippen molar-refractivity contribution in [3.63, 3.8) is 0 Å². The van der Waals surface area contributed by atoms with E-state index in [1.165, 1.54) is 6.21 Å². The molecule has 5 heteroatoms. The van der Waals surface area contributed by atoms with Crippen molar-refractivity contribution < 1.29 is 0 Å². The molecule has 0 saturated carbocycles. The Hall–Kier alpha value is -1.26. The minimum absolute atomic E-state index is 0.0502. The van der Waals surface area contributed by atoms with Gasteiger partial charge in [-0.15, -0.1) is 0 Å². The number of nitrogens with one attached hydrogen (secondary N) is 2. The van der Waals surface area contributed by atoms with Crippen molar-refractivity contribution in [2.24, 2.45) is 0 Å². The molecule has 1 heterocycles. The van der Waals surface area contributed by atoms with Crippen molar-refractivity contribution in [1.82, 2.24) is 5.32 Å². The van der Waals surface area contributed by atoms with Crippen LogP contribution in [0.5, 0.6) is 0 Å². The minimum Gasteiger partial charge on any atom is -0.398 e. The molecule has 98 valence electrons. The van der Waals surface area contributed by atoms with Gasteiger partial charge in [-0.05, 0) is 26.0 Å². The molecule has 0 aliphatic carbocycles. The molecule has 0 unspecified atom stereocenters. The van der Waals surface area contributed by atoms with E-state index < -0.39 is 0 Å². The number of piperazine rings is 1. The van der Waals surface area contributed by atoms with Gasteiger partial charge in [0.05, 0.1) is 0 Å². The van der Waals surface area contributed by atoms with Crippen LogP contribution in [0.15, 0.2) is 12.1 Å². The number of hydrogen-bond donors (Lipinski definition) is 3. The molecule has 1 aliphatic heterocycles. The van der Waals surface area contributed by atoms with Gasteiger partial charge in [0.2, 0.25) is 0 Å². The maximum atomic E-state index is 7.52. The van der Waals surface area contributed by atoms with Crippen LogP contribution < -0.4 is 16.0 Å². The molecule has 1 aliphatic rings. The zero-order chi connectivity index (χ0) is 13.3. The number of halogens is 1. The van der Waals surface area contributed by atoms with E-state index in [0.29, 0.717) is 10.7 Å². The molecular weight excluding hydrogens is 248 g/mol. The van der Waals surface area contributed by atoms with Crippen LogP contribution in [-0.2, 0) is 0 Å². The minimum atomic E-state index is 0.0502. The molecule has 0 aromatic heterocycles. The van der Waals surface area contributed by atoms with Crippen LogP contribution in [0.4, 0.5) is 11.4 Å². The van der Waals surface area contributed by atoms with E-state index in [1.807, 2.05) is 6.07 Å². The van der Waals surface area contributed by atoms with Crippen LogP contribution in [0.25, 0.3) is 0 Å². The summed E-state index contributed by atoms with van der Waals surface area (Å²) in [5, 5.41) is 11.6. The summed E-state index contributed by atoms with van der Waals surface area (Å²) in [6, 6.07) is 3.58. The highest BCUT2D eigenvalue weighted by Gasteiger charge is 2.27. The smallest absolute Gasteiger partial charge is 0.0492 e. The molecule has 1 fully saturated rings. The maximum absolute atomic E-state index is 7.52. The van der Waals surface area contributed by atoms with E-state index in [4.69, 9.17) is 22.7 Å². The Balaban J connectivity index is 2.40. The highest BCUT2D eigenvalue weighted by atomic mass is 35.5. The second-order valence-corrected chi connectivity index (χ2v) is 5.74. The predicted molar refractivity (Wildman–Crippen MR) is 78.0 cm³/mol. The zero-order valence-electron chi connectivity index (χ0n) is 10.8. The summed E-state index contributed by atoms with van der Waals surface area (Å²) in [7, 11) is 0. The Morgan fingerprint density at radius 1 is 1.50 bits per heavy atom. The predicted octanol–water partition coefficient (Wildman–Crippen LogP) is 2.11. The Morgan fingerprint density at radius 2 is 2.22 bits per heavy atom.